The van der Waals surface area contributed by atoms with Gasteiger partial charge in [0.1, 0.15) is 9.88 Å². The average Bonchev–Trinajstić information content (AvgIpc) is 3.08. The lowest BCUT2D eigenvalue weighted by Crippen LogP contribution is -2.43. The number of rotatable bonds is 5. The summed E-state index contributed by atoms with van der Waals surface area (Å²) in [4.78, 5) is 20.2. The van der Waals surface area contributed by atoms with E-state index in [9.17, 15) is 4.79 Å². The van der Waals surface area contributed by atoms with Gasteiger partial charge in [-0.3, -0.25) is 4.79 Å². The fourth-order valence-corrected chi connectivity index (χ4v) is 4.23. The number of carbonyl (C=O) groups is 1. The van der Waals surface area contributed by atoms with Gasteiger partial charge in [-0.2, -0.15) is 0 Å². The third-order valence-electron chi connectivity index (χ3n) is 4.81. The molecule has 1 fully saturated rings. The Morgan fingerprint density at radius 1 is 1.18 bits per heavy atom. The van der Waals surface area contributed by atoms with Gasteiger partial charge in [0.2, 0.25) is 0 Å². The van der Waals surface area contributed by atoms with Crippen LogP contribution in [-0.4, -0.2) is 56.2 Å². The minimum Gasteiger partial charge on any atom is -0.493 e. The predicted molar refractivity (Wildman–Crippen MR) is 118 cm³/mol. The van der Waals surface area contributed by atoms with E-state index in [-0.39, 0.29) is 30.7 Å². The van der Waals surface area contributed by atoms with Crippen molar-refractivity contribution in [2.45, 2.75) is 25.8 Å². The zero-order valence-electron chi connectivity index (χ0n) is 16.5. The van der Waals surface area contributed by atoms with E-state index in [4.69, 9.17) is 9.47 Å². The lowest BCUT2D eigenvalue weighted by Gasteiger charge is -2.31. The highest BCUT2D eigenvalue weighted by Crippen LogP contribution is 2.35. The molecule has 2 heterocycles. The largest absolute Gasteiger partial charge is 0.493 e. The van der Waals surface area contributed by atoms with Crippen LogP contribution in [0.5, 0.6) is 11.5 Å². The Morgan fingerprint density at radius 2 is 1.82 bits per heavy atom. The lowest BCUT2D eigenvalue weighted by molar-refractivity contribution is 0.0711. The maximum absolute atomic E-state index is 12.9. The number of amides is 1. The second kappa shape index (κ2) is 10.9. The molecule has 0 bridgehead atoms. The molecule has 0 spiro atoms. The summed E-state index contributed by atoms with van der Waals surface area (Å²) in [6.45, 7) is 3.47. The van der Waals surface area contributed by atoms with Crippen molar-refractivity contribution in [1.29, 1.82) is 0 Å². The molecule has 0 unspecified atom stereocenters. The Bertz CT molecular complexity index is 793. The highest BCUT2D eigenvalue weighted by atomic mass is 35.5. The van der Waals surface area contributed by atoms with Crippen molar-refractivity contribution in [3.8, 4) is 22.1 Å². The number of nitrogens with zero attached hydrogens (tertiary/aromatic N) is 2. The third-order valence-corrected chi connectivity index (χ3v) is 6.01. The average molecular weight is 448 g/mol. The number of thiazole rings is 1. The van der Waals surface area contributed by atoms with Crippen molar-refractivity contribution in [2.75, 3.05) is 34.4 Å². The van der Waals surface area contributed by atoms with Crippen molar-refractivity contribution < 1.29 is 14.3 Å². The summed E-state index contributed by atoms with van der Waals surface area (Å²) in [6.07, 6.45) is 1.98. The zero-order chi connectivity index (χ0) is 18.7. The molecular weight excluding hydrogens is 421 g/mol. The van der Waals surface area contributed by atoms with E-state index in [0.29, 0.717) is 17.5 Å². The van der Waals surface area contributed by atoms with E-state index in [2.05, 4.69) is 10.3 Å². The summed E-state index contributed by atoms with van der Waals surface area (Å²) in [6, 6.07) is 6.19. The van der Waals surface area contributed by atoms with Crippen molar-refractivity contribution in [2.24, 2.45) is 0 Å². The molecule has 1 N–H and O–H groups in total. The predicted octanol–water partition coefficient (Wildman–Crippen LogP) is 3.80. The molecule has 0 atom stereocenters. The number of aryl methyl sites for hydroxylation is 1. The molecule has 1 aromatic carbocycles. The molecule has 1 aliphatic rings. The van der Waals surface area contributed by atoms with E-state index in [0.717, 1.165) is 47.1 Å². The Labute approximate surface area is 182 Å². The lowest BCUT2D eigenvalue weighted by atomic mass is 10.1. The number of halogens is 2. The molecule has 1 aliphatic heterocycles. The SMILES string of the molecule is CNC1CCN(C(=O)c2sc(-c3ccc(OC)c(OC)c3)nc2C)CC1.Cl.Cl. The summed E-state index contributed by atoms with van der Waals surface area (Å²) in [5.41, 5.74) is 1.70. The monoisotopic (exact) mass is 447 g/mol. The Kier molecular flexibility index (Phi) is 9.50. The minimum absolute atomic E-state index is 0. The number of likely N-dealkylation sites (tertiary alicyclic amines) is 1. The number of aromatic nitrogens is 1. The number of hydrogen-bond acceptors (Lipinski definition) is 6. The van der Waals surface area contributed by atoms with Crippen LogP contribution in [0.4, 0.5) is 0 Å². The van der Waals surface area contributed by atoms with Crippen molar-refractivity contribution in [3.05, 3.63) is 28.8 Å². The molecule has 0 aliphatic carbocycles. The Balaban J connectivity index is 0.00000196. The number of piperidine rings is 1. The van der Waals surface area contributed by atoms with E-state index in [1.165, 1.54) is 11.3 Å². The summed E-state index contributed by atoms with van der Waals surface area (Å²) in [7, 11) is 5.20. The zero-order valence-corrected chi connectivity index (χ0v) is 18.9. The van der Waals surface area contributed by atoms with Gasteiger partial charge in [-0.25, -0.2) is 4.98 Å². The van der Waals surface area contributed by atoms with Crippen molar-refractivity contribution >= 4 is 42.1 Å². The minimum atomic E-state index is 0. The smallest absolute Gasteiger partial charge is 0.265 e. The van der Waals surface area contributed by atoms with Crippen LogP contribution in [0.2, 0.25) is 0 Å². The molecule has 156 valence electrons. The van der Waals surface area contributed by atoms with Crippen LogP contribution in [-0.2, 0) is 0 Å². The van der Waals surface area contributed by atoms with Crippen LogP contribution in [0.3, 0.4) is 0 Å². The van der Waals surface area contributed by atoms with Crippen LogP contribution >= 0.6 is 36.2 Å². The van der Waals surface area contributed by atoms with Gasteiger partial charge in [0.05, 0.1) is 19.9 Å². The van der Waals surface area contributed by atoms with Gasteiger partial charge in [-0.15, -0.1) is 36.2 Å². The standard InChI is InChI=1S/C19H25N3O3S.2ClH/c1-12-17(19(23)22-9-7-14(20-2)8-10-22)26-18(21-12)13-5-6-15(24-3)16(11-13)25-4;;/h5-6,11,14,20H,7-10H2,1-4H3;2*1H. The first kappa shape index (κ1) is 24.5. The highest BCUT2D eigenvalue weighted by Gasteiger charge is 2.26. The number of carbonyl (C=O) groups excluding carboxylic acids is 1. The van der Waals surface area contributed by atoms with E-state index in [1.807, 2.05) is 37.1 Å². The third kappa shape index (κ3) is 5.08. The van der Waals surface area contributed by atoms with Gasteiger partial charge in [0.25, 0.3) is 5.91 Å². The molecule has 1 saturated heterocycles. The Morgan fingerprint density at radius 3 is 2.39 bits per heavy atom. The Hall–Kier alpha value is -1.54. The summed E-state index contributed by atoms with van der Waals surface area (Å²) >= 11 is 1.44. The molecular formula is C19H27Cl2N3O3S. The maximum atomic E-state index is 12.9. The molecule has 1 aromatic heterocycles. The van der Waals surface area contributed by atoms with E-state index < -0.39 is 0 Å². The second-order valence-corrected chi connectivity index (χ2v) is 7.36. The quantitative estimate of drug-likeness (QED) is 0.754. The van der Waals surface area contributed by atoms with Crippen molar-refractivity contribution in [3.63, 3.8) is 0 Å². The van der Waals surface area contributed by atoms with Crippen LogP contribution in [0.25, 0.3) is 10.6 Å². The van der Waals surface area contributed by atoms with E-state index >= 15 is 0 Å². The van der Waals surface area contributed by atoms with Gasteiger partial charge in [0, 0.05) is 24.7 Å². The molecule has 28 heavy (non-hydrogen) atoms. The topological polar surface area (TPSA) is 63.7 Å². The van der Waals surface area contributed by atoms with E-state index in [1.54, 1.807) is 14.2 Å². The number of nitrogens with one attached hydrogen (secondary N) is 1. The molecule has 2 aromatic rings. The summed E-state index contributed by atoms with van der Waals surface area (Å²) < 4.78 is 10.7. The number of ether oxygens (including phenoxy) is 2. The molecule has 1 amide bonds. The molecule has 0 saturated carbocycles. The van der Waals surface area contributed by atoms with Gasteiger partial charge >= 0.3 is 0 Å². The van der Waals surface area contributed by atoms with Crippen LogP contribution < -0.4 is 14.8 Å². The number of hydrogen-bond donors (Lipinski definition) is 1. The normalized spacial score (nSPS) is 14.1. The molecule has 6 nitrogen and oxygen atoms in total. The number of methoxy groups -OCH3 is 2. The van der Waals surface area contributed by atoms with Crippen LogP contribution in [0, 0.1) is 6.92 Å². The van der Waals surface area contributed by atoms with Gasteiger partial charge in [-0.1, -0.05) is 0 Å². The highest BCUT2D eigenvalue weighted by molar-refractivity contribution is 7.17. The van der Waals surface area contributed by atoms with Crippen molar-refractivity contribution in [1.82, 2.24) is 15.2 Å². The molecule has 3 rings (SSSR count). The fourth-order valence-electron chi connectivity index (χ4n) is 3.20. The van der Waals surface area contributed by atoms with Crippen LogP contribution in [0.1, 0.15) is 28.2 Å². The fraction of sp³-hybridized carbons (Fsp3) is 0.474. The van der Waals surface area contributed by atoms with Gasteiger partial charge in [0.15, 0.2) is 11.5 Å². The first-order valence-corrected chi connectivity index (χ1v) is 9.55. The van der Waals surface area contributed by atoms with Gasteiger partial charge < -0.3 is 19.7 Å². The van der Waals surface area contributed by atoms with Gasteiger partial charge in [-0.05, 0) is 45.0 Å². The molecule has 0 radical (unpaired) electrons. The maximum Gasteiger partial charge on any atom is 0.265 e. The number of benzene rings is 1. The summed E-state index contributed by atoms with van der Waals surface area (Å²) in [5, 5.41) is 4.11. The second-order valence-electron chi connectivity index (χ2n) is 6.36. The molecule has 9 heteroatoms. The first-order valence-electron chi connectivity index (χ1n) is 8.73. The first-order chi connectivity index (χ1) is 12.6. The van der Waals surface area contributed by atoms with Crippen LogP contribution in [0.15, 0.2) is 18.2 Å². The summed E-state index contributed by atoms with van der Waals surface area (Å²) in [5.74, 6) is 1.41.